The number of hydrogen-bond donors (Lipinski definition) is 1. The van der Waals surface area contributed by atoms with Crippen molar-refractivity contribution in [3.05, 3.63) is 47.9 Å². The van der Waals surface area contributed by atoms with Gasteiger partial charge in [0.25, 0.3) is 10.0 Å². The number of nitrogens with zero attached hydrogens (tertiary/aromatic N) is 3. The number of rotatable bonds is 5. The molecule has 0 radical (unpaired) electrons. The largest absolute Gasteiger partial charge is 0.486 e. The summed E-state index contributed by atoms with van der Waals surface area (Å²) < 4.78 is 44.5. The van der Waals surface area contributed by atoms with Crippen LogP contribution in [0.5, 0.6) is 5.75 Å². The number of allylic oxidation sites excluding steroid dienone is 3. The molecule has 2 N–H and O–H groups in total. The lowest BCUT2D eigenvalue weighted by atomic mass is 9.92. The minimum atomic E-state index is -3.52. The molecular weight excluding hydrogens is 430 g/mol. The fraction of sp³-hybridized carbons (Fsp3) is 0.294. The van der Waals surface area contributed by atoms with Gasteiger partial charge in [-0.3, -0.25) is 0 Å². The summed E-state index contributed by atoms with van der Waals surface area (Å²) in [6, 6.07) is 1.56. The van der Waals surface area contributed by atoms with Gasteiger partial charge in [-0.15, -0.1) is 0 Å². The lowest BCUT2D eigenvalue weighted by molar-refractivity contribution is 0.112. The predicted molar refractivity (Wildman–Crippen MR) is 106 cm³/mol. The summed E-state index contributed by atoms with van der Waals surface area (Å²) in [5.74, 6) is -0.683. The molecule has 2 aromatic rings. The van der Waals surface area contributed by atoms with E-state index in [1.165, 1.54) is 30.7 Å². The zero-order valence-electron chi connectivity index (χ0n) is 14.9. The van der Waals surface area contributed by atoms with E-state index in [1.807, 2.05) is 0 Å². The average Bonchev–Trinajstić information content (AvgIpc) is 3.06. The van der Waals surface area contributed by atoms with E-state index < -0.39 is 27.2 Å². The van der Waals surface area contributed by atoms with Crippen molar-refractivity contribution >= 4 is 39.0 Å². The quantitative estimate of drug-likeness (QED) is 0.706. The highest BCUT2D eigenvalue weighted by molar-refractivity contribution is 7.89. The third-order valence-corrected chi connectivity index (χ3v) is 5.78. The van der Waals surface area contributed by atoms with Crippen LogP contribution in [0.25, 0.3) is 11.1 Å². The van der Waals surface area contributed by atoms with E-state index in [9.17, 15) is 12.8 Å². The van der Waals surface area contributed by atoms with Crippen LogP contribution in [0.4, 0.5) is 10.2 Å². The van der Waals surface area contributed by atoms with E-state index in [0.717, 1.165) is 10.3 Å². The van der Waals surface area contributed by atoms with Crippen LogP contribution < -0.4 is 10.5 Å². The summed E-state index contributed by atoms with van der Waals surface area (Å²) in [7, 11) is -3.52. The zero-order chi connectivity index (χ0) is 20.7. The minimum absolute atomic E-state index is 0.0802. The molecule has 28 heavy (non-hydrogen) atoms. The van der Waals surface area contributed by atoms with Crippen LogP contribution in [-0.2, 0) is 10.0 Å². The smallest absolute Gasteiger partial charge is 0.250 e. The number of anilines is 1. The van der Waals surface area contributed by atoms with E-state index in [-0.39, 0.29) is 16.6 Å². The van der Waals surface area contributed by atoms with Crippen LogP contribution in [-0.4, -0.2) is 40.1 Å². The standard InChI is InChI=1S/C17H17Cl2FN4O3S/c1-10(15-13(18)4-3-5-17(15,19)20)27-14-6-11(7-22-16(14)21)12-8-23-24(9-12)28(2,25)26/h3-10,15H,1-2H3,(H2,21,22). The third kappa shape index (κ3) is 4.16. The highest BCUT2D eigenvalue weighted by atomic mass is 35.5. The second-order valence-corrected chi connectivity index (χ2v) is 9.21. The van der Waals surface area contributed by atoms with E-state index in [4.69, 9.17) is 33.7 Å². The molecule has 150 valence electrons. The van der Waals surface area contributed by atoms with Crippen molar-refractivity contribution in [1.29, 1.82) is 0 Å². The first-order valence-corrected chi connectivity index (χ1v) is 10.7. The number of nitrogens with two attached hydrogens (primary N) is 1. The van der Waals surface area contributed by atoms with Crippen molar-refractivity contribution in [3.8, 4) is 16.9 Å². The number of nitrogen functional groups attached to an aromatic ring is 1. The lowest BCUT2D eigenvalue weighted by Gasteiger charge is -2.32. The number of aromatic nitrogens is 3. The van der Waals surface area contributed by atoms with E-state index in [1.54, 1.807) is 19.1 Å². The topological polar surface area (TPSA) is 100 Å². The molecule has 1 aliphatic rings. The Morgan fingerprint density at radius 2 is 2.11 bits per heavy atom. The van der Waals surface area contributed by atoms with Crippen LogP contribution in [0, 0.1) is 5.92 Å². The molecule has 2 aromatic heterocycles. The molecule has 7 nitrogen and oxygen atoms in total. The van der Waals surface area contributed by atoms with Gasteiger partial charge in [-0.1, -0.05) is 29.3 Å². The van der Waals surface area contributed by atoms with Gasteiger partial charge in [0.05, 0.1) is 24.6 Å². The van der Waals surface area contributed by atoms with E-state index in [2.05, 4.69) is 10.1 Å². The summed E-state index contributed by atoms with van der Waals surface area (Å²) in [5.41, 5.74) is 6.89. The molecule has 0 aromatic carbocycles. The van der Waals surface area contributed by atoms with Gasteiger partial charge in [-0.2, -0.15) is 9.19 Å². The number of pyridine rings is 1. The van der Waals surface area contributed by atoms with E-state index in [0.29, 0.717) is 11.1 Å². The third-order valence-electron chi connectivity index (χ3n) is 4.18. The number of hydrogen-bond acceptors (Lipinski definition) is 6. The first-order chi connectivity index (χ1) is 13.0. The lowest BCUT2D eigenvalue weighted by Crippen LogP contribution is -2.38. The summed E-state index contributed by atoms with van der Waals surface area (Å²) in [6.45, 7) is 1.62. The van der Waals surface area contributed by atoms with Gasteiger partial charge in [0.2, 0.25) is 5.13 Å². The Hall–Kier alpha value is -2.10. The zero-order valence-corrected chi connectivity index (χ0v) is 17.2. The first-order valence-electron chi connectivity index (χ1n) is 8.09. The molecule has 0 spiro atoms. The van der Waals surface area contributed by atoms with Crippen LogP contribution >= 0.6 is 23.2 Å². The summed E-state index contributed by atoms with van der Waals surface area (Å²) >= 11 is 12.1. The molecule has 0 fully saturated rings. The first kappa shape index (κ1) is 20.6. The van der Waals surface area contributed by atoms with Gasteiger partial charge in [0, 0.05) is 22.4 Å². The molecule has 0 aliphatic heterocycles. The Bertz CT molecular complexity index is 1070. The molecule has 0 saturated heterocycles. The Morgan fingerprint density at radius 1 is 1.39 bits per heavy atom. The maximum Gasteiger partial charge on any atom is 0.250 e. The maximum atomic E-state index is 14.7. The number of alkyl halides is 2. The van der Waals surface area contributed by atoms with Gasteiger partial charge in [-0.25, -0.2) is 17.8 Å². The van der Waals surface area contributed by atoms with E-state index >= 15 is 0 Å². The number of ether oxygens (including phenoxy) is 1. The molecule has 2 heterocycles. The molecule has 0 saturated carbocycles. The van der Waals surface area contributed by atoms with Crippen LogP contribution in [0.2, 0.25) is 0 Å². The molecule has 1 aliphatic carbocycles. The molecule has 3 unspecified atom stereocenters. The monoisotopic (exact) mass is 446 g/mol. The molecule has 0 amide bonds. The highest BCUT2D eigenvalue weighted by Gasteiger charge is 2.43. The van der Waals surface area contributed by atoms with Crippen molar-refractivity contribution in [2.24, 2.45) is 5.92 Å². The van der Waals surface area contributed by atoms with Crippen molar-refractivity contribution in [1.82, 2.24) is 14.2 Å². The SMILES string of the molecule is CC(Oc1cc(-c2cnn(S(C)(=O)=O)c2)cnc1N)C1C(Cl)=CC=CC1(F)Cl. The van der Waals surface area contributed by atoms with Crippen molar-refractivity contribution < 1.29 is 17.5 Å². The second-order valence-electron chi connectivity index (χ2n) is 6.36. The number of halogens is 3. The summed E-state index contributed by atoms with van der Waals surface area (Å²) in [4.78, 5) is 4.06. The summed E-state index contributed by atoms with van der Waals surface area (Å²) in [6.07, 6.45) is 8.61. The van der Waals surface area contributed by atoms with Crippen molar-refractivity contribution in [2.75, 3.05) is 12.0 Å². The highest BCUT2D eigenvalue weighted by Crippen LogP contribution is 2.42. The maximum absolute atomic E-state index is 14.7. The molecule has 3 atom stereocenters. The van der Waals surface area contributed by atoms with Gasteiger partial charge < -0.3 is 10.5 Å². The normalized spacial score (nSPS) is 23.3. The molecule has 11 heteroatoms. The van der Waals surface area contributed by atoms with Crippen molar-refractivity contribution in [2.45, 2.75) is 18.2 Å². The fourth-order valence-electron chi connectivity index (χ4n) is 2.81. The molecule has 0 bridgehead atoms. The Kier molecular flexibility index (Phi) is 5.44. The Labute approximate surface area is 171 Å². The molecule has 3 rings (SSSR count). The average molecular weight is 447 g/mol. The predicted octanol–water partition coefficient (Wildman–Crippen LogP) is 3.32. The Balaban J connectivity index is 1.89. The van der Waals surface area contributed by atoms with Gasteiger partial charge >= 0.3 is 0 Å². The summed E-state index contributed by atoms with van der Waals surface area (Å²) in [5, 5.41) is 1.81. The van der Waals surface area contributed by atoms with Crippen LogP contribution in [0.1, 0.15) is 6.92 Å². The Morgan fingerprint density at radius 3 is 2.71 bits per heavy atom. The fourth-order valence-corrected chi connectivity index (χ4v) is 4.16. The second kappa shape index (κ2) is 7.38. The van der Waals surface area contributed by atoms with Crippen LogP contribution in [0.15, 0.2) is 47.9 Å². The van der Waals surface area contributed by atoms with Gasteiger partial charge in [0.15, 0.2) is 11.6 Å². The van der Waals surface area contributed by atoms with Crippen molar-refractivity contribution in [3.63, 3.8) is 0 Å². The van der Waals surface area contributed by atoms with Gasteiger partial charge in [-0.05, 0) is 25.1 Å². The van der Waals surface area contributed by atoms with Crippen LogP contribution in [0.3, 0.4) is 0 Å². The molecular formula is C17H17Cl2FN4O3S. The minimum Gasteiger partial charge on any atom is -0.486 e. The van der Waals surface area contributed by atoms with Gasteiger partial charge in [0.1, 0.15) is 6.10 Å².